The zero-order valence-corrected chi connectivity index (χ0v) is 12.0. The molecule has 0 saturated carbocycles. The van der Waals surface area contributed by atoms with Crippen molar-refractivity contribution in [3.63, 3.8) is 0 Å². The Hall–Kier alpha value is 0.0187. The first-order valence-electron chi connectivity index (χ1n) is 5.87. The standard InChI is InChI=1S/C6H5.C6H12.CH3.Sn/c1-2-4-6-5-3-1;1-3-5-6-4-2;;/h1-5H;1-6H2;1H3;. The van der Waals surface area contributed by atoms with E-state index in [0.717, 1.165) is 0 Å². The molecule has 0 amide bonds. The van der Waals surface area contributed by atoms with Crippen molar-refractivity contribution in [2.75, 3.05) is 0 Å². The van der Waals surface area contributed by atoms with Crippen LogP contribution in [0, 0.1) is 0 Å². The average Bonchev–Trinajstić information content (AvgIpc) is 2.46. The molecule has 1 heteroatoms. The van der Waals surface area contributed by atoms with Crippen LogP contribution in [0.1, 0.15) is 25.7 Å². The zero-order valence-electron chi connectivity index (χ0n) is 9.13. The minimum atomic E-state index is -1.84. The van der Waals surface area contributed by atoms with E-state index in [1.165, 1.54) is 25.7 Å². The summed E-state index contributed by atoms with van der Waals surface area (Å²) < 4.78 is 4.92. The predicted octanol–water partition coefficient (Wildman–Crippen LogP) is 3.55. The van der Waals surface area contributed by atoms with E-state index in [4.69, 9.17) is 0 Å². The van der Waals surface area contributed by atoms with E-state index in [1.54, 1.807) is 12.5 Å². The molecule has 0 radical (unpaired) electrons. The fourth-order valence-corrected chi connectivity index (χ4v) is 13.7. The topological polar surface area (TPSA) is 0 Å². The van der Waals surface area contributed by atoms with Crippen LogP contribution in [-0.4, -0.2) is 18.4 Å². The van der Waals surface area contributed by atoms with Gasteiger partial charge in [-0.05, 0) is 0 Å². The molecular formula is C13H20Sn. The van der Waals surface area contributed by atoms with Crippen molar-refractivity contribution in [2.45, 2.75) is 39.5 Å². The molecule has 0 atom stereocenters. The molecule has 1 aromatic rings. The number of benzene rings is 1. The SMILES string of the molecule is [CH3][Sn]1([c]2ccccc2)[CH2]CCCC[CH2]1. The van der Waals surface area contributed by atoms with Crippen molar-refractivity contribution in [2.24, 2.45) is 0 Å². The van der Waals surface area contributed by atoms with E-state index in [0.29, 0.717) is 0 Å². The number of rotatable bonds is 1. The summed E-state index contributed by atoms with van der Waals surface area (Å²) in [5.41, 5.74) is 0. The second kappa shape index (κ2) is 4.69. The predicted molar refractivity (Wildman–Crippen MR) is 65.8 cm³/mol. The molecule has 0 spiro atoms. The fourth-order valence-electron chi connectivity index (χ4n) is 2.64. The van der Waals surface area contributed by atoms with Gasteiger partial charge in [0.2, 0.25) is 0 Å². The third-order valence-corrected chi connectivity index (χ3v) is 16.9. The summed E-state index contributed by atoms with van der Waals surface area (Å²) in [6.45, 7) is 0. The average molecular weight is 295 g/mol. The summed E-state index contributed by atoms with van der Waals surface area (Å²) in [6, 6.07) is 11.4. The Morgan fingerprint density at radius 2 is 1.43 bits per heavy atom. The Bertz CT molecular complexity index is 271. The second-order valence-corrected chi connectivity index (χ2v) is 18.3. The quantitative estimate of drug-likeness (QED) is 0.695. The van der Waals surface area contributed by atoms with E-state index in [1.807, 2.05) is 0 Å². The Kier molecular flexibility index (Phi) is 3.53. The molecule has 0 unspecified atom stereocenters. The molecule has 0 nitrogen and oxygen atoms in total. The van der Waals surface area contributed by atoms with Gasteiger partial charge in [0.05, 0.1) is 0 Å². The summed E-state index contributed by atoms with van der Waals surface area (Å²) in [5.74, 6) is 0. The van der Waals surface area contributed by atoms with Gasteiger partial charge in [-0.15, -0.1) is 0 Å². The van der Waals surface area contributed by atoms with Gasteiger partial charge in [0, 0.05) is 0 Å². The van der Waals surface area contributed by atoms with Crippen LogP contribution in [0.2, 0.25) is 13.8 Å². The number of hydrogen-bond acceptors (Lipinski definition) is 0. The van der Waals surface area contributed by atoms with E-state index in [-0.39, 0.29) is 0 Å². The van der Waals surface area contributed by atoms with Gasteiger partial charge in [0.15, 0.2) is 0 Å². The van der Waals surface area contributed by atoms with Gasteiger partial charge in [0.25, 0.3) is 0 Å². The van der Waals surface area contributed by atoms with E-state index in [9.17, 15) is 0 Å². The van der Waals surface area contributed by atoms with Crippen molar-refractivity contribution in [1.82, 2.24) is 0 Å². The van der Waals surface area contributed by atoms with Crippen LogP contribution >= 0.6 is 0 Å². The molecule has 2 rings (SSSR count). The van der Waals surface area contributed by atoms with Gasteiger partial charge in [-0.1, -0.05) is 0 Å². The Morgan fingerprint density at radius 1 is 0.857 bits per heavy atom. The third-order valence-electron chi connectivity index (χ3n) is 3.68. The van der Waals surface area contributed by atoms with Crippen LogP contribution in [0.5, 0.6) is 0 Å². The molecule has 0 N–H and O–H groups in total. The molecule has 1 aliphatic rings. The van der Waals surface area contributed by atoms with Crippen LogP contribution in [0.4, 0.5) is 0 Å². The third kappa shape index (κ3) is 2.33. The van der Waals surface area contributed by atoms with Crippen molar-refractivity contribution >= 4 is 22.0 Å². The molecular weight excluding hydrogens is 275 g/mol. The first-order chi connectivity index (χ1) is 6.81. The Labute approximate surface area is 91.6 Å². The molecule has 0 aromatic heterocycles. The molecule has 1 fully saturated rings. The van der Waals surface area contributed by atoms with Crippen molar-refractivity contribution < 1.29 is 0 Å². The van der Waals surface area contributed by atoms with Crippen molar-refractivity contribution in [3.8, 4) is 0 Å². The van der Waals surface area contributed by atoms with Gasteiger partial charge >= 0.3 is 91.8 Å². The van der Waals surface area contributed by atoms with Crippen molar-refractivity contribution in [1.29, 1.82) is 0 Å². The molecule has 76 valence electrons. The maximum absolute atomic E-state index is 2.65. The van der Waals surface area contributed by atoms with Crippen LogP contribution in [0.15, 0.2) is 30.3 Å². The van der Waals surface area contributed by atoms with E-state index in [2.05, 4.69) is 35.3 Å². The van der Waals surface area contributed by atoms with Gasteiger partial charge in [-0.25, -0.2) is 0 Å². The van der Waals surface area contributed by atoms with Gasteiger partial charge < -0.3 is 0 Å². The monoisotopic (exact) mass is 296 g/mol. The summed E-state index contributed by atoms with van der Waals surface area (Å²) in [5, 5.41) is 0. The molecule has 1 aliphatic heterocycles. The van der Waals surface area contributed by atoms with Crippen LogP contribution < -0.4 is 3.58 Å². The fraction of sp³-hybridized carbons (Fsp3) is 0.538. The summed E-state index contributed by atoms with van der Waals surface area (Å²) in [6.07, 6.45) is 5.97. The molecule has 1 heterocycles. The van der Waals surface area contributed by atoms with Crippen LogP contribution in [0.25, 0.3) is 0 Å². The number of hydrogen-bond donors (Lipinski definition) is 0. The van der Waals surface area contributed by atoms with Crippen molar-refractivity contribution in [3.05, 3.63) is 30.3 Å². The molecule has 0 bridgehead atoms. The first kappa shape index (κ1) is 10.5. The summed E-state index contributed by atoms with van der Waals surface area (Å²) in [4.78, 5) is 2.65. The van der Waals surface area contributed by atoms with Crippen LogP contribution in [-0.2, 0) is 0 Å². The van der Waals surface area contributed by atoms with E-state index < -0.39 is 18.4 Å². The summed E-state index contributed by atoms with van der Waals surface area (Å²) >= 11 is -1.84. The van der Waals surface area contributed by atoms with E-state index >= 15 is 0 Å². The maximum atomic E-state index is 2.65. The molecule has 0 aliphatic carbocycles. The van der Waals surface area contributed by atoms with Gasteiger partial charge in [-0.3, -0.25) is 0 Å². The normalized spacial score (nSPS) is 21.5. The molecule has 1 saturated heterocycles. The zero-order chi connectivity index (χ0) is 9.86. The molecule has 1 aromatic carbocycles. The minimum absolute atomic E-state index is 1.49. The molecule has 14 heavy (non-hydrogen) atoms. The Morgan fingerprint density at radius 3 is 2.00 bits per heavy atom. The van der Waals surface area contributed by atoms with Gasteiger partial charge in [0.1, 0.15) is 0 Å². The summed E-state index contributed by atoms with van der Waals surface area (Å²) in [7, 11) is 0. The van der Waals surface area contributed by atoms with Crippen LogP contribution in [0.3, 0.4) is 0 Å². The van der Waals surface area contributed by atoms with Gasteiger partial charge in [-0.2, -0.15) is 0 Å². The first-order valence-corrected chi connectivity index (χ1v) is 14.2. The second-order valence-electron chi connectivity index (χ2n) is 4.84. The Balaban J connectivity index is 2.21.